The van der Waals surface area contributed by atoms with Crippen LogP contribution in [0, 0.1) is 0 Å². The lowest BCUT2D eigenvalue weighted by Crippen LogP contribution is -2.24. The largest absolute Gasteiger partial charge is 0.506 e. The van der Waals surface area contributed by atoms with Gasteiger partial charge in [-0.2, -0.15) is 5.10 Å². The predicted molar refractivity (Wildman–Crippen MR) is 138 cm³/mol. The summed E-state index contributed by atoms with van der Waals surface area (Å²) in [6, 6.07) is 7.37. The molecule has 0 aliphatic carbocycles. The van der Waals surface area contributed by atoms with Crippen molar-refractivity contribution in [3.63, 3.8) is 0 Å². The van der Waals surface area contributed by atoms with Gasteiger partial charge in [0.15, 0.2) is 5.65 Å². The normalized spacial score (nSPS) is 11.3. The summed E-state index contributed by atoms with van der Waals surface area (Å²) in [5, 5.41) is 21.1. The van der Waals surface area contributed by atoms with Crippen LogP contribution in [0.5, 0.6) is 5.75 Å². The Morgan fingerprint density at radius 3 is 2.46 bits per heavy atom. The van der Waals surface area contributed by atoms with Crippen LogP contribution in [-0.2, 0) is 6.42 Å². The Labute approximate surface area is 215 Å². The van der Waals surface area contributed by atoms with Gasteiger partial charge in [0, 0.05) is 18.5 Å². The Morgan fingerprint density at radius 1 is 1.17 bits per heavy atom. The molecule has 2 aromatic carbocycles. The minimum atomic E-state index is -0.460. The number of halogens is 3. The first kappa shape index (κ1) is 24.8. The second-order valence-electron chi connectivity index (χ2n) is 8.11. The van der Waals surface area contributed by atoms with E-state index in [2.05, 4.69) is 25.7 Å². The number of carbonyl (C=O) groups excluding carboxylic acids is 1. The van der Waals surface area contributed by atoms with Gasteiger partial charge in [-0.1, -0.05) is 54.7 Å². The Bertz CT molecular complexity index is 1490. The molecule has 0 unspecified atom stereocenters. The van der Waals surface area contributed by atoms with Crippen LogP contribution in [0.25, 0.3) is 16.7 Å². The minimum Gasteiger partial charge on any atom is -0.506 e. The molecule has 0 saturated heterocycles. The molecule has 2 heterocycles. The van der Waals surface area contributed by atoms with E-state index < -0.39 is 6.03 Å². The molecule has 0 saturated carbocycles. The number of anilines is 1. The number of aromatic hydroxyl groups is 1. The number of amides is 2. The summed E-state index contributed by atoms with van der Waals surface area (Å²) < 4.78 is 1.46. The third-order valence-corrected chi connectivity index (χ3v) is 6.06. The van der Waals surface area contributed by atoms with Gasteiger partial charge in [-0.15, -0.1) is 0 Å². The maximum atomic E-state index is 13.1. The summed E-state index contributed by atoms with van der Waals surface area (Å²) in [6.45, 7) is 3.84. The van der Waals surface area contributed by atoms with Crippen molar-refractivity contribution >= 4 is 57.6 Å². The van der Waals surface area contributed by atoms with Crippen LogP contribution in [0.15, 0.2) is 35.1 Å². The number of nitrogens with zero attached hydrogens (tertiary/aromatic N) is 3. The number of phenols is 1. The SMILES string of the molecule is CNC(=O)Nc1ccc(Cc2nc3c(c(C(C)C)nn3-c3c(Cl)cc(Cl)cc3Cl)c(=O)[nH]2)cc1O. The number of phenolic OH excluding ortho intramolecular Hbond substituents is 1. The number of benzene rings is 2. The molecule has 9 nitrogen and oxygen atoms in total. The smallest absolute Gasteiger partial charge is 0.319 e. The number of hydrogen-bond acceptors (Lipinski definition) is 5. The molecule has 2 amide bonds. The Balaban J connectivity index is 1.82. The van der Waals surface area contributed by atoms with Gasteiger partial charge >= 0.3 is 6.03 Å². The number of aromatic amines is 1. The van der Waals surface area contributed by atoms with E-state index in [4.69, 9.17) is 34.8 Å². The zero-order valence-corrected chi connectivity index (χ0v) is 21.2. The van der Waals surface area contributed by atoms with E-state index in [9.17, 15) is 14.7 Å². The lowest BCUT2D eigenvalue weighted by atomic mass is 10.1. The number of rotatable bonds is 5. The van der Waals surface area contributed by atoms with Crippen LogP contribution in [0.1, 0.15) is 36.8 Å². The fourth-order valence-electron chi connectivity index (χ4n) is 3.65. The summed E-state index contributed by atoms with van der Waals surface area (Å²) in [5.41, 5.74) is 1.75. The van der Waals surface area contributed by atoms with Gasteiger partial charge in [-0.05, 0) is 35.7 Å². The summed E-state index contributed by atoms with van der Waals surface area (Å²) in [6.07, 6.45) is 0.198. The molecule has 2 aromatic heterocycles. The highest BCUT2D eigenvalue weighted by atomic mass is 35.5. The molecule has 4 N–H and O–H groups in total. The molecule has 12 heteroatoms. The van der Waals surface area contributed by atoms with E-state index >= 15 is 0 Å². The van der Waals surface area contributed by atoms with E-state index in [0.717, 1.165) is 0 Å². The van der Waals surface area contributed by atoms with Crippen molar-refractivity contribution < 1.29 is 9.90 Å². The van der Waals surface area contributed by atoms with E-state index in [1.165, 1.54) is 29.9 Å². The molecule has 4 rings (SSSR count). The van der Waals surface area contributed by atoms with E-state index in [1.54, 1.807) is 12.1 Å². The maximum Gasteiger partial charge on any atom is 0.319 e. The summed E-state index contributed by atoms with van der Waals surface area (Å²) in [7, 11) is 1.47. The van der Waals surface area contributed by atoms with Gasteiger partial charge < -0.3 is 20.7 Å². The third kappa shape index (κ3) is 4.93. The van der Waals surface area contributed by atoms with Crippen LogP contribution in [0.4, 0.5) is 10.5 Å². The topological polar surface area (TPSA) is 125 Å². The first-order valence-corrected chi connectivity index (χ1v) is 11.7. The zero-order chi connectivity index (χ0) is 25.4. The quantitative estimate of drug-likeness (QED) is 0.260. The lowest BCUT2D eigenvalue weighted by molar-refractivity contribution is 0.254. The van der Waals surface area contributed by atoms with Gasteiger partial charge in [-0.3, -0.25) is 4.79 Å². The highest BCUT2D eigenvalue weighted by molar-refractivity contribution is 6.40. The first-order valence-electron chi connectivity index (χ1n) is 10.6. The van der Waals surface area contributed by atoms with Crippen LogP contribution >= 0.6 is 34.8 Å². The third-order valence-electron chi connectivity index (χ3n) is 5.26. The molecule has 0 aliphatic rings. The molecular formula is C23H21Cl3N6O3. The van der Waals surface area contributed by atoms with Gasteiger partial charge in [-0.25, -0.2) is 14.5 Å². The number of H-pyrrole nitrogens is 1. The minimum absolute atomic E-state index is 0.0744. The molecule has 0 bridgehead atoms. The van der Waals surface area contributed by atoms with Gasteiger partial charge in [0.2, 0.25) is 0 Å². The van der Waals surface area contributed by atoms with Crippen molar-refractivity contribution in [2.45, 2.75) is 26.2 Å². The average Bonchev–Trinajstić information content (AvgIpc) is 3.15. The second kappa shape index (κ2) is 9.77. The Morgan fingerprint density at radius 2 is 1.86 bits per heavy atom. The number of aromatic nitrogens is 4. The van der Waals surface area contributed by atoms with E-state index in [0.29, 0.717) is 38.8 Å². The highest BCUT2D eigenvalue weighted by Gasteiger charge is 2.23. The summed E-state index contributed by atoms with van der Waals surface area (Å²) >= 11 is 18.9. The van der Waals surface area contributed by atoms with Gasteiger partial charge in [0.1, 0.15) is 22.6 Å². The number of urea groups is 1. The van der Waals surface area contributed by atoms with Crippen molar-refractivity contribution in [2.24, 2.45) is 0 Å². The molecular weight excluding hydrogens is 515 g/mol. The second-order valence-corrected chi connectivity index (χ2v) is 9.36. The molecule has 0 radical (unpaired) electrons. The maximum absolute atomic E-state index is 13.1. The highest BCUT2D eigenvalue weighted by Crippen LogP contribution is 2.34. The van der Waals surface area contributed by atoms with Crippen molar-refractivity contribution in [2.75, 3.05) is 12.4 Å². The van der Waals surface area contributed by atoms with Crippen molar-refractivity contribution in [3.8, 4) is 11.4 Å². The first-order chi connectivity index (χ1) is 16.6. The molecule has 35 heavy (non-hydrogen) atoms. The number of nitrogens with one attached hydrogen (secondary N) is 3. The summed E-state index contributed by atoms with van der Waals surface area (Å²) in [4.78, 5) is 32.1. The molecule has 0 spiro atoms. The van der Waals surface area contributed by atoms with Crippen LogP contribution in [-0.4, -0.2) is 37.9 Å². The van der Waals surface area contributed by atoms with Crippen molar-refractivity contribution in [1.82, 2.24) is 25.1 Å². The molecule has 182 valence electrons. The van der Waals surface area contributed by atoms with Crippen LogP contribution in [0.2, 0.25) is 15.1 Å². The van der Waals surface area contributed by atoms with Crippen molar-refractivity contribution in [3.05, 3.63) is 72.8 Å². The average molecular weight is 536 g/mol. The Kier molecular flexibility index (Phi) is 6.93. The van der Waals surface area contributed by atoms with Crippen molar-refractivity contribution in [1.29, 1.82) is 0 Å². The van der Waals surface area contributed by atoms with Gasteiger partial charge in [0.25, 0.3) is 5.56 Å². The fraction of sp³-hybridized carbons (Fsp3) is 0.217. The standard InChI is InChI=1S/C23H21Cl3N6O3/c1-10(2)19-18-21(32(31-19)20-13(25)8-12(24)9-14(20)26)29-17(30-22(18)34)7-11-4-5-15(16(33)6-11)28-23(35)27-3/h4-6,8-10,33H,7H2,1-3H3,(H2,27,28,35)(H,29,30,34). The zero-order valence-electron chi connectivity index (χ0n) is 18.9. The molecule has 0 fully saturated rings. The van der Waals surface area contributed by atoms with Gasteiger partial charge in [0.05, 0.1) is 21.4 Å². The lowest BCUT2D eigenvalue weighted by Gasteiger charge is -2.10. The van der Waals surface area contributed by atoms with Crippen LogP contribution < -0.4 is 16.2 Å². The molecule has 0 aliphatic heterocycles. The summed E-state index contributed by atoms with van der Waals surface area (Å²) in [5.74, 6) is 0.141. The predicted octanol–water partition coefficient (Wildman–Crippen LogP) is 5.24. The van der Waals surface area contributed by atoms with Crippen LogP contribution in [0.3, 0.4) is 0 Å². The molecule has 4 aromatic rings. The van der Waals surface area contributed by atoms with E-state index in [1.807, 2.05) is 13.8 Å². The number of carbonyl (C=O) groups is 1. The number of hydrogen-bond donors (Lipinski definition) is 4. The fourth-order valence-corrected chi connectivity index (χ4v) is 4.62. The molecule has 0 atom stereocenters. The number of fused-ring (bicyclic) bond motifs is 1. The monoisotopic (exact) mass is 534 g/mol. The van der Waals surface area contributed by atoms with E-state index in [-0.39, 0.29) is 39.4 Å². The Hall–Kier alpha value is -3.27.